The van der Waals surface area contributed by atoms with Crippen LogP contribution in [0, 0.1) is 0 Å². The molecule has 1 aliphatic heterocycles. The first kappa shape index (κ1) is 22.3. The standard InChI is InChI=1S/C23H23Cl2F3N2O/c1-2-21(31)29-20-6-3-14-9-18(4-5-19(14)20)30-8-7-22(13-30,23(26,27)28)15-10-16(24)12-17(25)11-15/h4-5,9-12,20H,2-3,6-8,13H2,1H3,(H,29,31)/t20-,22+/m0/s1. The average molecular weight is 471 g/mol. The maximum absolute atomic E-state index is 14.3. The van der Waals surface area contributed by atoms with Crippen molar-refractivity contribution in [1.29, 1.82) is 0 Å². The maximum atomic E-state index is 14.3. The number of anilines is 1. The number of carbonyl (C=O) groups is 1. The van der Waals surface area contributed by atoms with Crippen LogP contribution in [-0.4, -0.2) is 25.2 Å². The summed E-state index contributed by atoms with van der Waals surface area (Å²) in [6.07, 6.45) is -2.50. The van der Waals surface area contributed by atoms with Gasteiger partial charge in [-0.2, -0.15) is 13.2 Å². The van der Waals surface area contributed by atoms with Gasteiger partial charge in [0.25, 0.3) is 0 Å². The highest BCUT2D eigenvalue weighted by Crippen LogP contribution is 2.49. The van der Waals surface area contributed by atoms with Crippen molar-refractivity contribution in [2.45, 2.75) is 50.2 Å². The van der Waals surface area contributed by atoms with Gasteiger partial charge >= 0.3 is 6.18 Å². The molecule has 0 bridgehead atoms. The minimum absolute atomic E-state index is 0.00314. The molecule has 1 fully saturated rings. The molecule has 2 aromatic carbocycles. The predicted molar refractivity (Wildman–Crippen MR) is 117 cm³/mol. The van der Waals surface area contributed by atoms with Crippen LogP contribution < -0.4 is 10.2 Å². The van der Waals surface area contributed by atoms with Crippen LogP contribution in [-0.2, 0) is 16.6 Å². The molecule has 2 atom stereocenters. The molecule has 1 heterocycles. The zero-order valence-electron chi connectivity index (χ0n) is 17.0. The van der Waals surface area contributed by atoms with E-state index in [0.29, 0.717) is 6.42 Å². The van der Waals surface area contributed by atoms with Gasteiger partial charge < -0.3 is 10.2 Å². The van der Waals surface area contributed by atoms with Crippen LogP contribution in [0.3, 0.4) is 0 Å². The summed E-state index contributed by atoms with van der Waals surface area (Å²) in [5.74, 6) is -0.00314. The number of amides is 1. The zero-order chi connectivity index (χ0) is 22.4. The highest BCUT2D eigenvalue weighted by molar-refractivity contribution is 6.34. The Hall–Kier alpha value is -1.92. The predicted octanol–water partition coefficient (Wildman–Crippen LogP) is 6.22. The zero-order valence-corrected chi connectivity index (χ0v) is 18.5. The third-order valence-electron chi connectivity index (χ3n) is 6.45. The number of nitrogens with one attached hydrogen (secondary N) is 1. The van der Waals surface area contributed by atoms with Gasteiger partial charge in [0.2, 0.25) is 5.91 Å². The van der Waals surface area contributed by atoms with Gasteiger partial charge in [0, 0.05) is 35.2 Å². The molecule has 4 rings (SSSR count). The molecule has 3 nitrogen and oxygen atoms in total. The van der Waals surface area contributed by atoms with E-state index < -0.39 is 11.6 Å². The van der Waals surface area contributed by atoms with Crippen molar-refractivity contribution in [2.75, 3.05) is 18.0 Å². The normalized spacial score (nSPS) is 23.2. The number of benzene rings is 2. The van der Waals surface area contributed by atoms with Crippen molar-refractivity contribution in [3.05, 3.63) is 63.1 Å². The number of aryl methyl sites for hydroxylation is 1. The molecule has 1 aliphatic carbocycles. The molecule has 0 spiro atoms. The number of alkyl halides is 3. The third kappa shape index (κ3) is 4.12. The van der Waals surface area contributed by atoms with E-state index in [1.54, 1.807) is 4.90 Å². The average Bonchev–Trinajstić information content (AvgIpc) is 3.32. The van der Waals surface area contributed by atoms with E-state index in [2.05, 4.69) is 5.32 Å². The molecule has 0 aromatic heterocycles. The summed E-state index contributed by atoms with van der Waals surface area (Å²) in [5.41, 5.74) is 0.963. The largest absolute Gasteiger partial charge is 0.400 e. The fourth-order valence-electron chi connectivity index (χ4n) is 4.74. The van der Waals surface area contributed by atoms with Crippen LogP contribution in [0.25, 0.3) is 0 Å². The van der Waals surface area contributed by atoms with Crippen molar-refractivity contribution in [3.8, 4) is 0 Å². The Labute approximate surface area is 189 Å². The van der Waals surface area contributed by atoms with Crippen LogP contribution >= 0.6 is 23.2 Å². The van der Waals surface area contributed by atoms with Crippen LogP contribution in [0.15, 0.2) is 36.4 Å². The molecule has 0 radical (unpaired) electrons. The van der Waals surface area contributed by atoms with Crippen LogP contribution in [0.2, 0.25) is 10.0 Å². The summed E-state index contributed by atoms with van der Waals surface area (Å²) in [5, 5.41) is 3.41. The van der Waals surface area contributed by atoms with Crippen molar-refractivity contribution in [2.24, 2.45) is 0 Å². The minimum Gasteiger partial charge on any atom is -0.370 e. The summed E-state index contributed by atoms with van der Waals surface area (Å²) >= 11 is 12.0. The summed E-state index contributed by atoms with van der Waals surface area (Å²) in [6.45, 7) is 1.89. The van der Waals surface area contributed by atoms with Gasteiger partial charge in [-0.1, -0.05) is 36.2 Å². The first-order valence-corrected chi connectivity index (χ1v) is 11.1. The van der Waals surface area contributed by atoms with E-state index in [1.165, 1.54) is 18.2 Å². The number of hydrogen-bond donors (Lipinski definition) is 1. The second-order valence-electron chi connectivity index (χ2n) is 8.30. The van der Waals surface area contributed by atoms with Crippen molar-refractivity contribution in [3.63, 3.8) is 0 Å². The van der Waals surface area contributed by atoms with Crippen LogP contribution in [0.5, 0.6) is 0 Å². The topological polar surface area (TPSA) is 32.3 Å². The highest BCUT2D eigenvalue weighted by Gasteiger charge is 2.59. The van der Waals surface area contributed by atoms with Gasteiger partial charge in [0.1, 0.15) is 5.41 Å². The lowest BCUT2D eigenvalue weighted by molar-refractivity contribution is -0.184. The SMILES string of the molecule is CCC(=O)N[C@H]1CCc2cc(N3CC[C@@](c4cc(Cl)cc(Cl)c4)(C(F)(F)F)C3)ccc21. The molecule has 8 heteroatoms. The maximum Gasteiger partial charge on any atom is 0.400 e. The smallest absolute Gasteiger partial charge is 0.370 e. The Morgan fingerprint density at radius 2 is 1.90 bits per heavy atom. The number of rotatable bonds is 4. The quantitative estimate of drug-likeness (QED) is 0.575. The second kappa shape index (κ2) is 8.21. The number of nitrogens with zero attached hydrogens (tertiary/aromatic N) is 1. The van der Waals surface area contributed by atoms with E-state index in [1.807, 2.05) is 25.1 Å². The first-order chi connectivity index (χ1) is 14.6. The van der Waals surface area contributed by atoms with E-state index in [9.17, 15) is 18.0 Å². The number of hydrogen-bond acceptors (Lipinski definition) is 2. The molecule has 1 saturated heterocycles. The molecule has 1 N–H and O–H groups in total. The third-order valence-corrected chi connectivity index (χ3v) is 6.89. The molecule has 2 aliphatic rings. The Kier molecular flexibility index (Phi) is 5.90. The summed E-state index contributed by atoms with van der Waals surface area (Å²) in [7, 11) is 0. The fraction of sp³-hybridized carbons (Fsp3) is 0.435. The summed E-state index contributed by atoms with van der Waals surface area (Å²) < 4.78 is 43.0. The van der Waals surface area contributed by atoms with Crippen LogP contribution in [0.1, 0.15) is 48.9 Å². The summed E-state index contributed by atoms with van der Waals surface area (Å²) in [4.78, 5) is 13.5. The molecule has 166 valence electrons. The lowest BCUT2D eigenvalue weighted by atomic mass is 9.79. The lowest BCUT2D eigenvalue weighted by Crippen LogP contribution is -2.44. The highest BCUT2D eigenvalue weighted by atomic mass is 35.5. The molecule has 1 amide bonds. The van der Waals surface area contributed by atoms with Gasteiger partial charge in [-0.15, -0.1) is 0 Å². The first-order valence-electron chi connectivity index (χ1n) is 10.3. The number of carbonyl (C=O) groups excluding carboxylic acids is 1. The minimum atomic E-state index is -4.44. The lowest BCUT2D eigenvalue weighted by Gasteiger charge is -2.33. The van der Waals surface area contributed by atoms with E-state index >= 15 is 0 Å². The van der Waals surface area contributed by atoms with Gasteiger partial charge in [-0.05, 0) is 66.3 Å². The molecule has 0 unspecified atom stereocenters. The van der Waals surface area contributed by atoms with Crippen molar-refractivity contribution in [1.82, 2.24) is 5.32 Å². The molecule has 2 aromatic rings. The Morgan fingerprint density at radius 1 is 1.19 bits per heavy atom. The van der Waals surface area contributed by atoms with E-state index in [4.69, 9.17) is 23.2 Å². The Morgan fingerprint density at radius 3 is 2.55 bits per heavy atom. The van der Waals surface area contributed by atoms with Gasteiger partial charge in [-0.3, -0.25) is 4.79 Å². The van der Waals surface area contributed by atoms with Gasteiger partial charge in [0.15, 0.2) is 0 Å². The number of halogens is 5. The fourth-order valence-corrected chi connectivity index (χ4v) is 5.26. The Balaban J connectivity index is 1.62. The van der Waals surface area contributed by atoms with E-state index in [-0.39, 0.29) is 47.1 Å². The van der Waals surface area contributed by atoms with Crippen LogP contribution in [0.4, 0.5) is 18.9 Å². The molecule has 0 saturated carbocycles. The van der Waals surface area contributed by atoms with E-state index in [0.717, 1.165) is 29.7 Å². The Bertz CT molecular complexity index is 991. The van der Waals surface area contributed by atoms with Crippen molar-refractivity contribution >= 4 is 34.8 Å². The van der Waals surface area contributed by atoms with Gasteiger partial charge in [-0.25, -0.2) is 0 Å². The monoisotopic (exact) mass is 470 g/mol. The van der Waals surface area contributed by atoms with Crippen molar-refractivity contribution < 1.29 is 18.0 Å². The van der Waals surface area contributed by atoms with Gasteiger partial charge in [0.05, 0.1) is 6.04 Å². The molecular formula is C23H23Cl2F3N2O. The molecule has 31 heavy (non-hydrogen) atoms. The molecular weight excluding hydrogens is 448 g/mol. The number of fused-ring (bicyclic) bond motifs is 1. The second-order valence-corrected chi connectivity index (χ2v) is 9.18. The summed E-state index contributed by atoms with van der Waals surface area (Å²) in [6, 6.07) is 9.90.